The number of anilines is 2. The van der Waals surface area contributed by atoms with Crippen LogP contribution in [0.15, 0.2) is 12.1 Å². The van der Waals surface area contributed by atoms with Gasteiger partial charge in [-0.15, -0.1) is 0 Å². The van der Waals surface area contributed by atoms with Gasteiger partial charge in [-0.25, -0.2) is 4.98 Å². The molecule has 1 saturated carbocycles. The van der Waals surface area contributed by atoms with Gasteiger partial charge in [-0.2, -0.15) is 5.26 Å². The third-order valence-corrected chi connectivity index (χ3v) is 3.12. The maximum absolute atomic E-state index is 8.86. The van der Waals surface area contributed by atoms with Gasteiger partial charge in [-0.05, 0) is 31.4 Å². The number of aromatic nitrogens is 1. The highest BCUT2D eigenvalue weighted by molar-refractivity contribution is 5.54. The van der Waals surface area contributed by atoms with Crippen LogP contribution < -0.4 is 11.1 Å². The standard InChI is InChI=1S/C12H16N4O/c1-17-11-4-2-3-9(11)15-12-6-5-8(14)10(7-13)16-12/h5-6,9,11H,2-4,14H2,1H3,(H,15,16). The van der Waals surface area contributed by atoms with Gasteiger partial charge < -0.3 is 15.8 Å². The Kier molecular flexibility index (Phi) is 3.45. The smallest absolute Gasteiger partial charge is 0.165 e. The molecule has 2 unspecified atom stereocenters. The summed E-state index contributed by atoms with van der Waals surface area (Å²) in [5.74, 6) is 0.685. The molecule has 1 aliphatic carbocycles. The summed E-state index contributed by atoms with van der Waals surface area (Å²) in [7, 11) is 1.72. The minimum Gasteiger partial charge on any atom is -0.396 e. The SMILES string of the molecule is COC1CCCC1Nc1ccc(N)c(C#N)n1. The fourth-order valence-electron chi connectivity index (χ4n) is 2.20. The minimum absolute atomic E-state index is 0.222. The van der Waals surface area contributed by atoms with Crippen molar-refractivity contribution in [2.75, 3.05) is 18.2 Å². The molecule has 2 rings (SSSR count). The molecule has 1 fully saturated rings. The van der Waals surface area contributed by atoms with Crippen LogP contribution in [0.4, 0.5) is 11.5 Å². The summed E-state index contributed by atoms with van der Waals surface area (Å²) >= 11 is 0. The van der Waals surface area contributed by atoms with Crippen LogP contribution in [0.2, 0.25) is 0 Å². The van der Waals surface area contributed by atoms with Crippen molar-refractivity contribution in [1.82, 2.24) is 4.98 Å². The van der Waals surface area contributed by atoms with Crippen molar-refractivity contribution in [3.8, 4) is 6.07 Å². The molecular formula is C12H16N4O. The molecule has 90 valence electrons. The molecular weight excluding hydrogens is 216 g/mol. The molecule has 5 nitrogen and oxygen atoms in total. The number of nitrogens with two attached hydrogens (primary N) is 1. The Morgan fingerprint density at radius 1 is 1.53 bits per heavy atom. The minimum atomic E-state index is 0.222. The molecule has 5 heteroatoms. The molecule has 0 amide bonds. The van der Waals surface area contributed by atoms with Gasteiger partial charge in [0.1, 0.15) is 11.9 Å². The molecule has 1 heterocycles. The summed E-state index contributed by atoms with van der Waals surface area (Å²) in [6, 6.07) is 5.74. The number of methoxy groups -OCH3 is 1. The first-order chi connectivity index (χ1) is 8.24. The molecule has 1 aromatic heterocycles. The number of nitrogens with zero attached hydrogens (tertiary/aromatic N) is 2. The molecule has 0 bridgehead atoms. The van der Waals surface area contributed by atoms with Gasteiger partial charge in [-0.1, -0.05) is 0 Å². The van der Waals surface area contributed by atoms with E-state index in [1.54, 1.807) is 19.2 Å². The Morgan fingerprint density at radius 2 is 2.35 bits per heavy atom. The van der Waals surface area contributed by atoms with Crippen molar-refractivity contribution in [2.24, 2.45) is 0 Å². The van der Waals surface area contributed by atoms with E-state index in [0.29, 0.717) is 11.5 Å². The van der Waals surface area contributed by atoms with E-state index < -0.39 is 0 Å². The Morgan fingerprint density at radius 3 is 3.06 bits per heavy atom. The molecule has 17 heavy (non-hydrogen) atoms. The lowest BCUT2D eigenvalue weighted by Crippen LogP contribution is -2.30. The van der Waals surface area contributed by atoms with Crippen LogP contribution in [0.1, 0.15) is 25.0 Å². The number of nitrogen functional groups attached to an aromatic ring is 1. The van der Waals surface area contributed by atoms with Gasteiger partial charge in [0.25, 0.3) is 0 Å². The highest BCUT2D eigenvalue weighted by Gasteiger charge is 2.27. The van der Waals surface area contributed by atoms with E-state index in [0.717, 1.165) is 19.3 Å². The summed E-state index contributed by atoms with van der Waals surface area (Å²) in [6.07, 6.45) is 3.50. The number of nitrogens with one attached hydrogen (secondary N) is 1. The topological polar surface area (TPSA) is 84.0 Å². The predicted molar refractivity (Wildman–Crippen MR) is 65.4 cm³/mol. The third kappa shape index (κ3) is 2.48. The zero-order valence-electron chi connectivity index (χ0n) is 9.81. The van der Waals surface area contributed by atoms with E-state index in [-0.39, 0.29) is 17.8 Å². The highest BCUT2D eigenvalue weighted by Crippen LogP contribution is 2.25. The lowest BCUT2D eigenvalue weighted by atomic mass is 10.2. The van der Waals surface area contributed by atoms with Crippen LogP contribution in [-0.2, 0) is 4.74 Å². The van der Waals surface area contributed by atoms with Gasteiger partial charge in [0.2, 0.25) is 0 Å². The van der Waals surface area contributed by atoms with E-state index >= 15 is 0 Å². The van der Waals surface area contributed by atoms with E-state index in [9.17, 15) is 0 Å². The monoisotopic (exact) mass is 232 g/mol. The predicted octanol–water partition coefficient (Wildman–Crippen LogP) is 1.51. The van der Waals surface area contributed by atoms with Crippen LogP contribution in [0.3, 0.4) is 0 Å². The first-order valence-corrected chi connectivity index (χ1v) is 5.70. The van der Waals surface area contributed by atoms with E-state index in [2.05, 4.69) is 10.3 Å². The number of hydrogen-bond donors (Lipinski definition) is 2. The van der Waals surface area contributed by atoms with Crippen molar-refractivity contribution in [3.63, 3.8) is 0 Å². The molecule has 0 radical (unpaired) electrons. The van der Waals surface area contributed by atoms with Crippen molar-refractivity contribution in [1.29, 1.82) is 5.26 Å². The molecule has 1 aliphatic rings. The number of nitriles is 1. The second kappa shape index (κ2) is 5.02. The normalized spacial score (nSPS) is 23.3. The summed E-state index contributed by atoms with van der Waals surface area (Å²) in [5.41, 5.74) is 6.30. The zero-order chi connectivity index (χ0) is 12.3. The first-order valence-electron chi connectivity index (χ1n) is 5.70. The van der Waals surface area contributed by atoms with E-state index in [1.165, 1.54) is 0 Å². The lowest BCUT2D eigenvalue weighted by molar-refractivity contribution is 0.101. The summed E-state index contributed by atoms with van der Waals surface area (Å²) < 4.78 is 5.40. The zero-order valence-corrected chi connectivity index (χ0v) is 9.81. The van der Waals surface area contributed by atoms with Crippen molar-refractivity contribution in [2.45, 2.75) is 31.4 Å². The number of hydrogen-bond acceptors (Lipinski definition) is 5. The molecule has 0 spiro atoms. The van der Waals surface area contributed by atoms with Crippen LogP contribution in [0.25, 0.3) is 0 Å². The first kappa shape index (κ1) is 11.7. The van der Waals surface area contributed by atoms with E-state index in [1.807, 2.05) is 6.07 Å². The quantitative estimate of drug-likeness (QED) is 0.825. The summed E-state index contributed by atoms with van der Waals surface area (Å²) in [6.45, 7) is 0. The van der Waals surface area contributed by atoms with Gasteiger partial charge in [-0.3, -0.25) is 0 Å². The van der Waals surface area contributed by atoms with Crippen LogP contribution in [-0.4, -0.2) is 24.2 Å². The lowest BCUT2D eigenvalue weighted by Gasteiger charge is -2.20. The maximum Gasteiger partial charge on any atom is 0.165 e. The fourth-order valence-corrected chi connectivity index (χ4v) is 2.20. The van der Waals surface area contributed by atoms with Gasteiger partial charge in [0.05, 0.1) is 17.8 Å². The second-order valence-corrected chi connectivity index (χ2v) is 4.20. The van der Waals surface area contributed by atoms with Crippen LogP contribution in [0.5, 0.6) is 0 Å². The van der Waals surface area contributed by atoms with Crippen molar-refractivity contribution in [3.05, 3.63) is 17.8 Å². The summed E-state index contributed by atoms with van der Waals surface area (Å²) in [5, 5.41) is 12.2. The van der Waals surface area contributed by atoms with Gasteiger partial charge in [0.15, 0.2) is 5.69 Å². The van der Waals surface area contributed by atoms with Gasteiger partial charge in [0, 0.05) is 7.11 Å². The fraction of sp³-hybridized carbons (Fsp3) is 0.500. The maximum atomic E-state index is 8.86. The average molecular weight is 232 g/mol. The highest BCUT2D eigenvalue weighted by atomic mass is 16.5. The molecule has 2 atom stereocenters. The Balaban J connectivity index is 2.11. The molecule has 1 aromatic rings. The second-order valence-electron chi connectivity index (χ2n) is 4.20. The molecule has 0 aromatic carbocycles. The largest absolute Gasteiger partial charge is 0.396 e. The summed E-state index contributed by atoms with van der Waals surface area (Å²) in [4.78, 5) is 4.17. The number of pyridine rings is 1. The number of rotatable bonds is 3. The molecule has 0 aliphatic heterocycles. The van der Waals surface area contributed by atoms with Gasteiger partial charge >= 0.3 is 0 Å². The van der Waals surface area contributed by atoms with Crippen molar-refractivity contribution < 1.29 is 4.74 Å². The van der Waals surface area contributed by atoms with E-state index in [4.69, 9.17) is 15.7 Å². The number of ether oxygens (including phenoxy) is 1. The third-order valence-electron chi connectivity index (χ3n) is 3.12. The Labute approximate surface area is 101 Å². The average Bonchev–Trinajstić information content (AvgIpc) is 2.79. The molecule has 3 N–H and O–H groups in total. The van der Waals surface area contributed by atoms with Crippen LogP contribution >= 0.6 is 0 Å². The van der Waals surface area contributed by atoms with Crippen LogP contribution in [0, 0.1) is 11.3 Å². The Bertz CT molecular complexity index is 441. The molecule has 0 saturated heterocycles. The Hall–Kier alpha value is -1.80. The van der Waals surface area contributed by atoms with Crippen molar-refractivity contribution >= 4 is 11.5 Å².